The number of primary amides is 1. The Kier molecular flexibility index (Phi) is 4.84. The van der Waals surface area contributed by atoms with E-state index < -0.39 is 5.91 Å². The van der Waals surface area contributed by atoms with Gasteiger partial charge in [-0.15, -0.1) is 0 Å². The largest absolute Gasteiger partial charge is 0.366 e. The first-order valence-electron chi connectivity index (χ1n) is 8.33. The normalized spacial score (nSPS) is 10.5. The molecule has 6 heteroatoms. The van der Waals surface area contributed by atoms with Crippen LogP contribution in [0.1, 0.15) is 22.8 Å². The van der Waals surface area contributed by atoms with Crippen LogP contribution in [0.25, 0.3) is 21.9 Å². The Hall–Kier alpha value is -3.41. The zero-order valence-electron chi connectivity index (χ0n) is 14.7. The van der Waals surface area contributed by atoms with Gasteiger partial charge in [-0.2, -0.15) is 0 Å². The second-order valence-corrected chi connectivity index (χ2v) is 6.01. The number of pyridine rings is 1. The van der Waals surface area contributed by atoms with Crippen molar-refractivity contribution < 1.29 is 9.59 Å². The monoisotopic (exact) mass is 348 g/mol. The van der Waals surface area contributed by atoms with E-state index in [1.54, 1.807) is 18.3 Å². The third-order valence-electron chi connectivity index (χ3n) is 4.10. The van der Waals surface area contributed by atoms with Crippen molar-refractivity contribution in [2.75, 3.05) is 11.9 Å². The number of anilines is 1. The summed E-state index contributed by atoms with van der Waals surface area (Å²) in [4.78, 5) is 27.4. The van der Waals surface area contributed by atoms with E-state index in [2.05, 4.69) is 15.6 Å². The number of carbonyl (C=O) groups excluding carboxylic acids is 2. The highest BCUT2D eigenvalue weighted by Crippen LogP contribution is 2.29. The molecule has 2 aromatic carbocycles. The SMILES string of the molecule is CCNC(=O)Nc1cc2cc(-c3cccc(C(N)=O)c3)cc(C)c2cn1. The van der Waals surface area contributed by atoms with E-state index in [9.17, 15) is 9.59 Å². The van der Waals surface area contributed by atoms with Gasteiger partial charge in [-0.3, -0.25) is 10.1 Å². The molecule has 1 aromatic heterocycles. The number of nitrogens with two attached hydrogens (primary N) is 1. The second-order valence-electron chi connectivity index (χ2n) is 6.01. The maximum atomic E-state index is 11.7. The highest BCUT2D eigenvalue weighted by Gasteiger charge is 2.08. The standard InChI is InChI=1S/C20H20N4O2/c1-3-22-20(26)24-18-10-16-9-15(7-12(2)17(16)11-23-18)13-5-4-6-14(8-13)19(21)25/h4-11H,3H2,1-2H3,(H2,21,25)(H2,22,23,24,26). The number of urea groups is 1. The van der Waals surface area contributed by atoms with Crippen LogP contribution < -0.4 is 16.4 Å². The Morgan fingerprint density at radius 1 is 1.12 bits per heavy atom. The summed E-state index contributed by atoms with van der Waals surface area (Å²) in [5.74, 6) is 0.0212. The Morgan fingerprint density at radius 2 is 1.92 bits per heavy atom. The lowest BCUT2D eigenvalue weighted by molar-refractivity contribution is 0.100. The molecule has 3 aromatic rings. The molecule has 0 atom stereocenters. The summed E-state index contributed by atoms with van der Waals surface area (Å²) in [5.41, 5.74) is 8.77. The van der Waals surface area contributed by atoms with Crippen LogP contribution in [0.5, 0.6) is 0 Å². The molecule has 0 spiro atoms. The summed E-state index contributed by atoms with van der Waals surface area (Å²) in [6.07, 6.45) is 1.75. The van der Waals surface area contributed by atoms with Crippen LogP contribution in [0.15, 0.2) is 48.7 Å². The minimum atomic E-state index is -0.456. The molecule has 3 amide bonds. The van der Waals surface area contributed by atoms with Gasteiger partial charge in [0.1, 0.15) is 5.82 Å². The first-order valence-corrected chi connectivity index (χ1v) is 8.33. The summed E-state index contributed by atoms with van der Waals surface area (Å²) in [7, 11) is 0. The van der Waals surface area contributed by atoms with Gasteiger partial charge in [0.2, 0.25) is 5.91 Å². The van der Waals surface area contributed by atoms with E-state index in [0.717, 1.165) is 27.5 Å². The van der Waals surface area contributed by atoms with Gasteiger partial charge in [0.05, 0.1) is 0 Å². The van der Waals surface area contributed by atoms with E-state index in [1.165, 1.54) is 0 Å². The molecule has 132 valence electrons. The number of nitrogens with one attached hydrogen (secondary N) is 2. The van der Waals surface area contributed by atoms with Crippen molar-refractivity contribution in [2.45, 2.75) is 13.8 Å². The van der Waals surface area contributed by atoms with Gasteiger partial charge in [-0.25, -0.2) is 9.78 Å². The van der Waals surface area contributed by atoms with Crippen molar-refractivity contribution in [3.63, 3.8) is 0 Å². The number of aromatic nitrogens is 1. The molecule has 6 nitrogen and oxygen atoms in total. The fourth-order valence-corrected chi connectivity index (χ4v) is 2.85. The van der Waals surface area contributed by atoms with Crippen molar-refractivity contribution in [3.05, 3.63) is 59.8 Å². The predicted molar refractivity (Wildman–Crippen MR) is 103 cm³/mol. The highest BCUT2D eigenvalue weighted by atomic mass is 16.2. The number of carbonyl (C=O) groups is 2. The molecular formula is C20H20N4O2. The first-order chi connectivity index (χ1) is 12.5. The van der Waals surface area contributed by atoms with E-state index in [-0.39, 0.29) is 6.03 Å². The molecule has 0 bridgehead atoms. The number of rotatable bonds is 4. The Bertz CT molecular complexity index is 998. The van der Waals surface area contributed by atoms with Crippen LogP contribution in [0, 0.1) is 6.92 Å². The quantitative estimate of drug-likeness (QED) is 0.673. The van der Waals surface area contributed by atoms with E-state index >= 15 is 0 Å². The lowest BCUT2D eigenvalue weighted by Crippen LogP contribution is -2.28. The van der Waals surface area contributed by atoms with Crippen molar-refractivity contribution in [1.82, 2.24) is 10.3 Å². The van der Waals surface area contributed by atoms with Gasteiger partial charge < -0.3 is 11.1 Å². The number of fused-ring (bicyclic) bond motifs is 1. The molecule has 3 rings (SSSR count). The Balaban J connectivity index is 2.03. The maximum Gasteiger partial charge on any atom is 0.320 e. The molecule has 4 N–H and O–H groups in total. The molecule has 0 aliphatic rings. The van der Waals surface area contributed by atoms with Crippen LogP contribution >= 0.6 is 0 Å². The van der Waals surface area contributed by atoms with Crippen molar-refractivity contribution in [3.8, 4) is 11.1 Å². The second kappa shape index (κ2) is 7.23. The number of hydrogen-bond donors (Lipinski definition) is 3. The average molecular weight is 348 g/mol. The molecule has 0 aliphatic carbocycles. The van der Waals surface area contributed by atoms with Crippen molar-refractivity contribution in [2.24, 2.45) is 5.73 Å². The van der Waals surface area contributed by atoms with Crippen molar-refractivity contribution in [1.29, 1.82) is 0 Å². The molecule has 26 heavy (non-hydrogen) atoms. The molecule has 0 unspecified atom stereocenters. The molecule has 0 saturated carbocycles. The fraction of sp³-hybridized carbons (Fsp3) is 0.150. The number of benzene rings is 2. The third-order valence-corrected chi connectivity index (χ3v) is 4.10. The first kappa shape index (κ1) is 17.4. The third kappa shape index (κ3) is 3.64. The summed E-state index contributed by atoms with van der Waals surface area (Å²) < 4.78 is 0. The molecule has 0 aliphatic heterocycles. The van der Waals surface area contributed by atoms with Crippen LogP contribution in [0.3, 0.4) is 0 Å². The van der Waals surface area contributed by atoms with E-state index in [1.807, 2.05) is 44.2 Å². The number of aryl methyl sites for hydroxylation is 1. The number of hydrogen-bond acceptors (Lipinski definition) is 3. The average Bonchev–Trinajstić information content (AvgIpc) is 2.61. The van der Waals surface area contributed by atoms with E-state index in [0.29, 0.717) is 17.9 Å². The fourth-order valence-electron chi connectivity index (χ4n) is 2.85. The summed E-state index contributed by atoms with van der Waals surface area (Å²) in [6, 6.07) is 12.8. The van der Waals surface area contributed by atoms with Crippen LogP contribution in [0.2, 0.25) is 0 Å². The van der Waals surface area contributed by atoms with Gasteiger partial charge >= 0.3 is 6.03 Å². The van der Waals surface area contributed by atoms with Crippen LogP contribution in [0.4, 0.5) is 10.6 Å². The molecule has 1 heterocycles. The Morgan fingerprint density at radius 3 is 2.65 bits per heavy atom. The van der Waals surface area contributed by atoms with Crippen molar-refractivity contribution >= 4 is 28.5 Å². The lowest BCUT2D eigenvalue weighted by Gasteiger charge is -2.10. The predicted octanol–water partition coefficient (Wildman–Crippen LogP) is 3.45. The van der Waals surface area contributed by atoms with Gasteiger partial charge in [0.25, 0.3) is 0 Å². The van der Waals surface area contributed by atoms with Crippen LogP contribution in [-0.4, -0.2) is 23.5 Å². The molecule has 0 fully saturated rings. The summed E-state index contributed by atoms with van der Waals surface area (Å²) >= 11 is 0. The summed E-state index contributed by atoms with van der Waals surface area (Å²) in [6.45, 7) is 4.39. The van der Waals surface area contributed by atoms with E-state index in [4.69, 9.17) is 5.73 Å². The maximum absolute atomic E-state index is 11.7. The lowest BCUT2D eigenvalue weighted by atomic mass is 9.97. The number of amides is 3. The number of nitrogens with zero attached hydrogens (tertiary/aromatic N) is 1. The van der Waals surface area contributed by atoms with Gasteiger partial charge in [-0.1, -0.05) is 18.2 Å². The zero-order valence-corrected chi connectivity index (χ0v) is 14.7. The molecule has 0 radical (unpaired) electrons. The minimum Gasteiger partial charge on any atom is -0.366 e. The van der Waals surface area contributed by atoms with Gasteiger partial charge in [0, 0.05) is 23.7 Å². The Labute approximate surface area is 151 Å². The minimum absolute atomic E-state index is 0.290. The smallest absolute Gasteiger partial charge is 0.320 e. The van der Waals surface area contributed by atoms with Crippen LogP contribution in [-0.2, 0) is 0 Å². The summed E-state index contributed by atoms with van der Waals surface area (Å²) in [5, 5.41) is 7.34. The molecule has 0 saturated heterocycles. The topological polar surface area (TPSA) is 97.1 Å². The highest BCUT2D eigenvalue weighted by molar-refractivity contribution is 5.96. The van der Waals surface area contributed by atoms with Gasteiger partial charge in [0.15, 0.2) is 0 Å². The zero-order chi connectivity index (χ0) is 18.7. The molecular weight excluding hydrogens is 328 g/mol. The van der Waals surface area contributed by atoms with Gasteiger partial charge in [-0.05, 0) is 60.2 Å².